The molecular weight excluding hydrogens is 268 g/mol. The molecule has 114 valence electrons. The number of amides is 1. The normalized spacial score (nSPS) is 26.4. The van der Waals surface area contributed by atoms with Gasteiger partial charge in [0.1, 0.15) is 0 Å². The van der Waals surface area contributed by atoms with Crippen LogP contribution in [0.15, 0.2) is 18.2 Å². The Bertz CT molecular complexity index is 556. The van der Waals surface area contributed by atoms with Gasteiger partial charge in [0.25, 0.3) is 0 Å². The lowest BCUT2D eigenvalue weighted by Crippen LogP contribution is -2.45. The van der Waals surface area contributed by atoms with E-state index in [-0.39, 0.29) is 11.9 Å². The summed E-state index contributed by atoms with van der Waals surface area (Å²) in [6.07, 6.45) is 2.01. The monoisotopic (exact) mass is 290 g/mol. The fraction of sp³-hybridized carbons (Fsp3) is 0.562. The van der Waals surface area contributed by atoms with Gasteiger partial charge in [0.2, 0.25) is 11.7 Å². The molecule has 2 N–H and O–H groups in total. The van der Waals surface area contributed by atoms with Crippen molar-refractivity contribution in [2.45, 2.75) is 45.4 Å². The van der Waals surface area contributed by atoms with Crippen LogP contribution < -0.4 is 20.1 Å². The number of rotatable bonds is 2. The molecule has 3 rings (SSSR count). The molecule has 2 unspecified atom stereocenters. The van der Waals surface area contributed by atoms with E-state index >= 15 is 0 Å². The van der Waals surface area contributed by atoms with Gasteiger partial charge in [-0.15, -0.1) is 0 Å². The van der Waals surface area contributed by atoms with Gasteiger partial charge in [0.05, 0.1) is 6.04 Å². The minimum atomic E-state index is -0.647. The molecular formula is C16H22N2O3. The Kier molecular flexibility index (Phi) is 3.53. The van der Waals surface area contributed by atoms with Crippen LogP contribution in [-0.4, -0.2) is 24.3 Å². The molecule has 0 radical (unpaired) electrons. The second kappa shape index (κ2) is 5.22. The van der Waals surface area contributed by atoms with Gasteiger partial charge in [-0.05, 0) is 37.4 Å². The lowest BCUT2D eigenvalue weighted by molar-refractivity contribution is -0.119. The van der Waals surface area contributed by atoms with Crippen LogP contribution in [0.4, 0.5) is 5.69 Å². The Morgan fingerprint density at radius 3 is 2.86 bits per heavy atom. The van der Waals surface area contributed by atoms with Crippen LogP contribution in [0.2, 0.25) is 0 Å². The summed E-state index contributed by atoms with van der Waals surface area (Å²) in [5.41, 5.74) is 0.736. The first kappa shape index (κ1) is 14.2. The van der Waals surface area contributed by atoms with Crippen LogP contribution in [0, 0.1) is 5.92 Å². The Morgan fingerprint density at radius 2 is 2.10 bits per heavy atom. The average molecular weight is 290 g/mol. The minimum Gasteiger partial charge on any atom is -0.449 e. The predicted octanol–water partition coefficient (Wildman–Crippen LogP) is 2.52. The Labute approximate surface area is 125 Å². The number of carbonyl (C=O) groups is 1. The van der Waals surface area contributed by atoms with E-state index in [1.54, 1.807) is 0 Å². The summed E-state index contributed by atoms with van der Waals surface area (Å²) in [6.45, 7) is 6.80. The zero-order valence-electron chi connectivity index (χ0n) is 12.7. The summed E-state index contributed by atoms with van der Waals surface area (Å²) < 4.78 is 11.3. The summed E-state index contributed by atoms with van der Waals surface area (Å²) in [4.78, 5) is 12.3. The maximum atomic E-state index is 12.3. The highest BCUT2D eigenvalue weighted by atomic mass is 16.7. The lowest BCUT2D eigenvalue weighted by atomic mass is 9.94. The topological polar surface area (TPSA) is 59.6 Å². The van der Waals surface area contributed by atoms with Gasteiger partial charge >= 0.3 is 0 Å². The van der Waals surface area contributed by atoms with E-state index in [1.807, 2.05) is 32.0 Å². The Morgan fingerprint density at radius 1 is 1.33 bits per heavy atom. The molecule has 1 aromatic carbocycles. The number of benzene rings is 1. The largest absolute Gasteiger partial charge is 0.449 e. The first-order valence-electron chi connectivity index (χ1n) is 7.49. The van der Waals surface area contributed by atoms with Crippen molar-refractivity contribution in [3.05, 3.63) is 18.2 Å². The third-order valence-electron chi connectivity index (χ3n) is 3.91. The second-order valence-electron chi connectivity index (χ2n) is 6.39. The Hall–Kier alpha value is -1.75. The van der Waals surface area contributed by atoms with Crippen molar-refractivity contribution in [1.29, 1.82) is 0 Å². The van der Waals surface area contributed by atoms with Crippen molar-refractivity contribution in [1.82, 2.24) is 5.32 Å². The minimum absolute atomic E-state index is 0.0136. The highest BCUT2D eigenvalue weighted by Crippen LogP contribution is 2.40. The van der Waals surface area contributed by atoms with Gasteiger partial charge in [0.15, 0.2) is 11.5 Å². The van der Waals surface area contributed by atoms with E-state index in [0.717, 1.165) is 25.1 Å². The number of ether oxygens (including phenoxy) is 2. The molecule has 0 aromatic heterocycles. The molecule has 5 nitrogen and oxygen atoms in total. The maximum absolute atomic E-state index is 12.3. The average Bonchev–Trinajstić information content (AvgIpc) is 2.72. The standard InChI is InChI=1S/C16H22N2O3/c1-10-6-7-17-12(8-10)15(19)18-11-4-5-13-14(9-11)21-16(2,3)20-13/h4-5,9-10,12,17H,6-8H2,1-3H3,(H,18,19). The predicted molar refractivity (Wildman–Crippen MR) is 80.6 cm³/mol. The van der Waals surface area contributed by atoms with Gasteiger partial charge in [-0.2, -0.15) is 0 Å². The number of anilines is 1. The van der Waals surface area contributed by atoms with Crippen LogP contribution in [0.5, 0.6) is 11.5 Å². The number of piperidine rings is 1. The van der Waals surface area contributed by atoms with Crippen molar-refractivity contribution < 1.29 is 14.3 Å². The summed E-state index contributed by atoms with van der Waals surface area (Å²) in [7, 11) is 0. The fourth-order valence-corrected chi connectivity index (χ4v) is 2.84. The molecule has 0 spiro atoms. The zero-order chi connectivity index (χ0) is 15.0. The molecule has 2 heterocycles. The van der Waals surface area contributed by atoms with Crippen molar-refractivity contribution in [3.63, 3.8) is 0 Å². The van der Waals surface area contributed by atoms with Crippen LogP contribution >= 0.6 is 0 Å². The zero-order valence-corrected chi connectivity index (χ0v) is 12.7. The molecule has 1 aromatic rings. The smallest absolute Gasteiger partial charge is 0.246 e. The maximum Gasteiger partial charge on any atom is 0.246 e. The number of hydrogen-bond donors (Lipinski definition) is 2. The first-order valence-corrected chi connectivity index (χ1v) is 7.49. The van der Waals surface area contributed by atoms with Crippen LogP contribution in [-0.2, 0) is 4.79 Å². The summed E-state index contributed by atoms with van der Waals surface area (Å²) in [5.74, 6) is 1.33. The van der Waals surface area contributed by atoms with Crippen LogP contribution in [0.3, 0.4) is 0 Å². The van der Waals surface area contributed by atoms with Crippen molar-refractivity contribution in [3.8, 4) is 11.5 Å². The van der Waals surface area contributed by atoms with Gasteiger partial charge < -0.3 is 20.1 Å². The van der Waals surface area contributed by atoms with Crippen molar-refractivity contribution in [2.24, 2.45) is 5.92 Å². The second-order valence-corrected chi connectivity index (χ2v) is 6.39. The van der Waals surface area contributed by atoms with E-state index in [2.05, 4.69) is 17.6 Å². The molecule has 1 saturated heterocycles. The van der Waals surface area contributed by atoms with Gasteiger partial charge in [0, 0.05) is 25.6 Å². The fourth-order valence-electron chi connectivity index (χ4n) is 2.84. The molecule has 0 saturated carbocycles. The third kappa shape index (κ3) is 3.13. The number of carbonyl (C=O) groups excluding carboxylic acids is 1. The van der Waals surface area contributed by atoms with Gasteiger partial charge in [-0.25, -0.2) is 0 Å². The summed E-state index contributed by atoms with van der Waals surface area (Å²) in [6, 6.07) is 5.37. The van der Waals surface area contributed by atoms with Gasteiger partial charge in [-0.1, -0.05) is 6.92 Å². The first-order chi connectivity index (χ1) is 9.93. The van der Waals surface area contributed by atoms with Crippen LogP contribution in [0.1, 0.15) is 33.6 Å². The SMILES string of the molecule is CC1CCNC(C(=O)Nc2ccc3c(c2)OC(C)(C)O3)C1. The molecule has 0 bridgehead atoms. The molecule has 2 aliphatic heterocycles. The van der Waals surface area contributed by atoms with E-state index in [9.17, 15) is 4.79 Å². The lowest BCUT2D eigenvalue weighted by Gasteiger charge is -2.27. The molecule has 21 heavy (non-hydrogen) atoms. The number of nitrogens with one attached hydrogen (secondary N) is 2. The van der Waals surface area contributed by atoms with Crippen molar-refractivity contribution in [2.75, 3.05) is 11.9 Å². The number of fused-ring (bicyclic) bond motifs is 1. The molecule has 0 aliphatic carbocycles. The Balaban J connectivity index is 1.67. The quantitative estimate of drug-likeness (QED) is 0.878. The molecule has 5 heteroatoms. The summed E-state index contributed by atoms with van der Waals surface area (Å²) in [5, 5.41) is 6.22. The van der Waals surface area contributed by atoms with E-state index in [0.29, 0.717) is 17.4 Å². The van der Waals surface area contributed by atoms with E-state index < -0.39 is 5.79 Å². The summed E-state index contributed by atoms with van der Waals surface area (Å²) >= 11 is 0. The molecule has 2 atom stereocenters. The third-order valence-corrected chi connectivity index (χ3v) is 3.91. The van der Waals surface area contributed by atoms with Crippen LogP contribution in [0.25, 0.3) is 0 Å². The van der Waals surface area contributed by atoms with E-state index in [4.69, 9.17) is 9.47 Å². The van der Waals surface area contributed by atoms with E-state index in [1.165, 1.54) is 0 Å². The molecule has 1 fully saturated rings. The van der Waals surface area contributed by atoms with Gasteiger partial charge in [-0.3, -0.25) is 4.79 Å². The highest BCUT2D eigenvalue weighted by Gasteiger charge is 2.32. The van der Waals surface area contributed by atoms with Crippen molar-refractivity contribution >= 4 is 11.6 Å². The number of hydrogen-bond acceptors (Lipinski definition) is 4. The highest BCUT2D eigenvalue weighted by molar-refractivity contribution is 5.95. The molecule has 1 amide bonds. The molecule has 2 aliphatic rings.